The Morgan fingerprint density at radius 1 is 1.55 bits per heavy atom. The van der Waals surface area contributed by atoms with Gasteiger partial charge in [-0.05, 0) is 16.9 Å². The van der Waals surface area contributed by atoms with E-state index >= 15 is 0 Å². The van der Waals surface area contributed by atoms with Crippen molar-refractivity contribution in [2.75, 3.05) is 11.5 Å². The quantitative estimate of drug-likeness (QED) is 0.698. The van der Waals surface area contributed by atoms with E-state index in [-0.39, 0.29) is 11.8 Å². The Bertz CT molecular complexity index is 132. The third kappa shape index (κ3) is 6.23. The summed E-state index contributed by atoms with van der Waals surface area (Å²) >= 11 is 1.79. The second kappa shape index (κ2) is 4.65. The van der Waals surface area contributed by atoms with E-state index in [1.807, 2.05) is 13.8 Å². The molecule has 0 radical (unpaired) electrons. The number of carboxylic acids is 1. The summed E-state index contributed by atoms with van der Waals surface area (Å²) in [4.78, 5) is 10.4. The first-order valence-corrected chi connectivity index (χ1v) is 4.93. The van der Waals surface area contributed by atoms with Gasteiger partial charge in [0.15, 0.2) is 0 Å². The summed E-state index contributed by atoms with van der Waals surface area (Å²) in [5, 5.41) is 8.54. The van der Waals surface area contributed by atoms with Gasteiger partial charge in [0.1, 0.15) is 0 Å². The fourth-order valence-corrected chi connectivity index (χ4v) is 1.70. The SMILES string of the molecule is CCSCC(C)(C)CC(=O)O. The number of rotatable bonds is 5. The molecule has 0 fully saturated rings. The molecule has 2 nitrogen and oxygen atoms in total. The summed E-state index contributed by atoms with van der Waals surface area (Å²) in [7, 11) is 0. The lowest BCUT2D eigenvalue weighted by Crippen LogP contribution is -2.19. The number of carboxylic acid groups (broad SMARTS) is 1. The van der Waals surface area contributed by atoms with Gasteiger partial charge in [0.2, 0.25) is 0 Å². The van der Waals surface area contributed by atoms with Crippen LogP contribution in [-0.4, -0.2) is 22.6 Å². The van der Waals surface area contributed by atoms with Crippen molar-refractivity contribution in [2.45, 2.75) is 27.2 Å². The maximum atomic E-state index is 10.4. The predicted molar refractivity (Wildman–Crippen MR) is 49.0 cm³/mol. The molecule has 0 aliphatic carbocycles. The molecule has 0 amide bonds. The summed E-state index contributed by atoms with van der Waals surface area (Å²) in [5.41, 5.74) is -0.0630. The van der Waals surface area contributed by atoms with Gasteiger partial charge in [-0.15, -0.1) is 0 Å². The van der Waals surface area contributed by atoms with Crippen LogP contribution in [0.15, 0.2) is 0 Å². The maximum Gasteiger partial charge on any atom is 0.303 e. The second-order valence-corrected chi connectivity index (χ2v) is 4.65. The first-order valence-electron chi connectivity index (χ1n) is 3.77. The topological polar surface area (TPSA) is 37.3 Å². The number of thioether (sulfide) groups is 1. The second-order valence-electron chi connectivity index (χ2n) is 3.37. The Morgan fingerprint density at radius 2 is 2.09 bits per heavy atom. The molecule has 0 rings (SSSR count). The molecule has 0 aliphatic heterocycles. The van der Waals surface area contributed by atoms with Gasteiger partial charge >= 0.3 is 5.97 Å². The normalized spacial score (nSPS) is 11.5. The van der Waals surface area contributed by atoms with E-state index in [9.17, 15) is 4.79 Å². The molecular formula is C8H16O2S. The van der Waals surface area contributed by atoms with Crippen molar-refractivity contribution in [1.82, 2.24) is 0 Å². The largest absolute Gasteiger partial charge is 0.481 e. The molecule has 0 aromatic carbocycles. The van der Waals surface area contributed by atoms with Gasteiger partial charge in [0, 0.05) is 0 Å². The predicted octanol–water partition coefficient (Wildman–Crippen LogP) is 2.24. The molecule has 66 valence electrons. The Labute approximate surface area is 72.4 Å². The molecule has 1 N–H and O–H groups in total. The van der Waals surface area contributed by atoms with Crippen molar-refractivity contribution < 1.29 is 9.90 Å². The van der Waals surface area contributed by atoms with Crippen molar-refractivity contribution in [3.05, 3.63) is 0 Å². The zero-order valence-electron chi connectivity index (χ0n) is 7.39. The van der Waals surface area contributed by atoms with Gasteiger partial charge in [0.25, 0.3) is 0 Å². The van der Waals surface area contributed by atoms with E-state index in [2.05, 4.69) is 6.92 Å². The van der Waals surface area contributed by atoms with Crippen LogP contribution in [0.3, 0.4) is 0 Å². The lowest BCUT2D eigenvalue weighted by molar-refractivity contribution is -0.138. The average Bonchev–Trinajstić information content (AvgIpc) is 1.81. The molecule has 0 spiro atoms. The van der Waals surface area contributed by atoms with E-state index in [0.717, 1.165) is 11.5 Å². The monoisotopic (exact) mass is 176 g/mol. The molecule has 0 aromatic rings. The van der Waals surface area contributed by atoms with Crippen LogP contribution in [0.5, 0.6) is 0 Å². The van der Waals surface area contributed by atoms with Crippen LogP contribution < -0.4 is 0 Å². The molecule has 0 aromatic heterocycles. The molecule has 11 heavy (non-hydrogen) atoms. The van der Waals surface area contributed by atoms with Crippen molar-refractivity contribution in [3.8, 4) is 0 Å². The Morgan fingerprint density at radius 3 is 2.45 bits per heavy atom. The minimum atomic E-state index is -0.702. The molecule has 0 aliphatic rings. The molecule has 0 unspecified atom stereocenters. The molecule has 0 bridgehead atoms. The zero-order valence-corrected chi connectivity index (χ0v) is 8.20. The van der Waals surface area contributed by atoms with Crippen LogP contribution in [0.4, 0.5) is 0 Å². The molecule has 0 heterocycles. The van der Waals surface area contributed by atoms with Crippen molar-refractivity contribution in [3.63, 3.8) is 0 Å². The first kappa shape index (κ1) is 10.8. The van der Waals surface area contributed by atoms with Gasteiger partial charge in [-0.2, -0.15) is 11.8 Å². The van der Waals surface area contributed by atoms with E-state index in [0.29, 0.717) is 0 Å². The number of hydrogen-bond donors (Lipinski definition) is 1. The Balaban J connectivity index is 3.70. The van der Waals surface area contributed by atoms with Crippen LogP contribution in [0.1, 0.15) is 27.2 Å². The minimum Gasteiger partial charge on any atom is -0.481 e. The highest BCUT2D eigenvalue weighted by Crippen LogP contribution is 2.25. The van der Waals surface area contributed by atoms with Crippen LogP contribution in [0.2, 0.25) is 0 Å². The summed E-state index contributed by atoms with van der Waals surface area (Å²) < 4.78 is 0. The number of aliphatic carboxylic acids is 1. The fourth-order valence-electron chi connectivity index (χ4n) is 0.839. The lowest BCUT2D eigenvalue weighted by atomic mass is 9.92. The molecule has 0 saturated heterocycles. The van der Waals surface area contributed by atoms with Crippen LogP contribution in [0, 0.1) is 5.41 Å². The van der Waals surface area contributed by atoms with Crippen molar-refractivity contribution >= 4 is 17.7 Å². The van der Waals surface area contributed by atoms with E-state index in [1.165, 1.54) is 0 Å². The summed E-state index contributed by atoms with van der Waals surface area (Å²) in [6.07, 6.45) is 0.264. The van der Waals surface area contributed by atoms with E-state index in [1.54, 1.807) is 11.8 Å². The number of carbonyl (C=O) groups is 1. The standard InChI is InChI=1S/C8H16O2S/c1-4-11-6-8(2,3)5-7(9)10/h4-6H2,1-3H3,(H,9,10). The average molecular weight is 176 g/mol. The zero-order chi connectivity index (χ0) is 8.91. The molecule has 3 heteroatoms. The van der Waals surface area contributed by atoms with E-state index in [4.69, 9.17) is 5.11 Å². The molecule has 0 saturated carbocycles. The summed E-state index contributed by atoms with van der Waals surface area (Å²) in [5.74, 6) is 1.28. The van der Waals surface area contributed by atoms with Crippen molar-refractivity contribution in [1.29, 1.82) is 0 Å². The molecule has 0 atom stereocenters. The molecular weight excluding hydrogens is 160 g/mol. The fraction of sp³-hybridized carbons (Fsp3) is 0.875. The Hall–Kier alpha value is -0.180. The number of hydrogen-bond acceptors (Lipinski definition) is 2. The van der Waals surface area contributed by atoms with Gasteiger partial charge in [0.05, 0.1) is 6.42 Å². The van der Waals surface area contributed by atoms with Gasteiger partial charge < -0.3 is 5.11 Å². The van der Waals surface area contributed by atoms with Crippen LogP contribution in [0.25, 0.3) is 0 Å². The maximum absolute atomic E-state index is 10.4. The van der Waals surface area contributed by atoms with Gasteiger partial charge in [-0.1, -0.05) is 20.8 Å². The third-order valence-electron chi connectivity index (χ3n) is 1.33. The smallest absolute Gasteiger partial charge is 0.303 e. The van der Waals surface area contributed by atoms with Crippen LogP contribution >= 0.6 is 11.8 Å². The lowest BCUT2D eigenvalue weighted by Gasteiger charge is -2.20. The van der Waals surface area contributed by atoms with E-state index < -0.39 is 5.97 Å². The Kier molecular flexibility index (Phi) is 4.57. The summed E-state index contributed by atoms with van der Waals surface area (Å²) in [6.45, 7) is 6.06. The summed E-state index contributed by atoms with van der Waals surface area (Å²) in [6, 6.07) is 0. The highest BCUT2D eigenvalue weighted by Gasteiger charge is 2.20. The third-order valence-corrected chi connectivity index (χ3v) is 2.72. The minimum absolute atomic E-state index is 0.0630. The first-order chi connectivity index (χ1) is 4.98. The van der Waals surface area contributed by atoms with Gasteiger partial charge in [-0.25, -0.2) is 0 Å². The van der Waals surface area contributed by atoms with Crippen molar-refractivity contribution in [2.24, 2.45) is 5.41 Å². The highest BCUT2D eigenvalue weighted by molar-refractivity contribution is 7.99. The van der Waals surface area contributed by atoms with Gasteiger partial charge in [-0.3, -0.25) is 4.79 Å². The van der Waals surface area contributed by atoms with Crippen LogP contribution in [-0.2, 0) is 4.79 Å². The highest BCUT2D eigenvalue weighted by atomic mass is 32.2.